The van der Waals surface area contributed by atoms with E-state index in [0.29, 0.717) is 23.7 Å². The first kappa shape index (κ1) is 22.5. The molecule has 0 unspecified atom stereocenters. The van der Waals surface area contributed by atoms with E-state index in [0.717, 1.165) is 41.3 Å². The SMILES string of the molecule is CCCCCCCn1c(NN=C(C)c2cccc3ccccc23)nc2c1c(=O)[nH]c(=O)n2C. The van der Waals surface area contributed by atoms with Crippen molar-refractivity contribution in [3.8, 4) is 0 Å². The van der Waals surface area contributed by atoms with Gasteiger partial charge in [-0.2, -0.15) is 10.1 Å². The molecule has 4 rings (SSSR count). The van der Waals surface area contributed by atoms with Gasteiger partial charge in [-0.15, -0.1) is 0 Å². The molecule has 0 saturated heterocycles. The minimum absolute atomic E-state index is 0.345. The lowest BCUT2D eigenvalue weighted by Crippen LogP contribution is -2.29. The van der Waals surface area contributed by atoms with Gasteiger partial charge in [0.15, 0.2) is 11.2 Å². The van der Waals surface area contributed by atoms with Gasteiger partial charge in [0.05, 0.1) is 5.71 Å². The van der Waals surface area contributed by atoms with E-state index in [1.807, 2.05) is 35.8 Å². The van der Waals surface area contributed by atoms with Crippen LogP contribution in [0.15, 0.2) is 57.2 Å². The van der Waals surface area contributed by atoms with Gasteiger partial charge in [-0.1, -0.05) is 75.1 Å². The Balaban J connectivity index is 1.70. The molecular weight excluding hydrogens is 416 g/mol. The van der Waals surface area contributed by atoms with Crippen molar-refractivity contribution in [2.45, 2.75) is 52.5 Å². The fourth-order valence-corrected chi connectivity index (χ4v) is 4.15. The lowest BCUT2D eigenvalue weighted by atomic mass is 10.0. The Kier molecular flexibility index (Phi) is 6.72. The number of imidazole rings is 1. The van der Waals surface area contributed by atoms with Crippen molar-refractivity contribution in [2.75, 3.05) is 5.43 Å². The third-order valence-corrected chi connectivity index (χ3v) is 6.00. The first-order chi connectivity index (χ1) is 16.0. The number of hydrogen-bond acceptors (Lipinski definition) is 5. The van der Waals surface area contributed by atoms with Crippen LogP contribution < -0.4 is 16.7 Å². The summed E-state index contributed by atoms with van der Waals surface area (Å²) in [4.78, 5) is 31.7. The molecule has 2 heterocycles. The number of hydrazone groups is 1. The molecule has 0 atom stereocenters. The van der Waals surface area contributed by atoms with Crippen molar-refractivity contribution in [1.82, 2.24) is 19.1 Å². The lowest BCUT2D eigenvalue weighted by molar-refractivity contribution is 0.577. The molecule has 0 fully saturated rings. The Morgan fingerprint density at radius 2 is 1.82 bits per heavy atom. The zero-order valence-corrected chi connectivity index (χ0v) is 19.4. The van der Waals surface area contributed by atoms with Crippen LogP contribution >= 0.6 is 0 Å². The molecule has 2 N–H and O–H groups in total. The molecule has 0 aliphatic heterocycles. The largest absolute Gasteiger partial charge is 0.329 e. The smallest absolute Gasteiger partial charge is 0.303 e. The van der Waals surface area contributed by atoms with Crippen LogP contribution in [0.1, 0.15) is 51.5 Å². The summed E-state index contributed by atoms with van der Waals surface area (Å²) in [6.07, 6.45) is 5.49. The maximum atomic E-state index is 12.6. The number of nitrogens with one attached hydrogen (secondary N) is 2. The fourth-order valence-electron chi connectivity index (χ4n) is 4.15. The van der Waals surface area contributed by atoms with Gasteiger partial charge in [0.25, 0.3) is 5.56 Å². The van der Waals surface area contributed by atoms with Gasteiger partial charge in [-0.3, -0.25) is 14.3 Å². The zero-order chi connectivity index (χ0) is 23.4. The van der Waals surface area contributed by atoms with E-state index in [-0.39, 0.29) is 0 Å². The van der Waals surface area contributed by atoms with Gasteiger partial charge in [0, 0.05) is 19.2 Å². The van der Waals surface area contributed by atoms with Crippen molar-refractivity contribution in [2.24, 2.45) is 12.1 Å². The molecule has 172 valence electrons. The number of H-pyrrole nitrogens is 1. The molecule has 0 bridgehead atoms. The quantitative estimate of drug-likeness (QED) is 0.226. The second kappa shape index (κ2) is 9.85. The van der Waals surface area contributed by atoms with Crippen molar-refractivity contribution >= 4 is 33.6 Å². The predicted molar refractivity (Wildman–Crippen MR) is 134 cm³/mol. The summed E-state index contributed by atoms with van der Waals surface area (Å²) >= 11 is 0. The van der Waals surface area contributed by atoms with Gasteiger partial charge < -0.3 is 4.57 Å². The highest BCUT2D eigenvalue weighted by Gasteiger charge is 2.17. The Morgan fingerprint density at radius 3 is 2.64 bits per heavy atom. The number of aromatic nitrogens is 4. The summed E-state index contributed by atoms with van der Waals surface area (Å²) in [6.45, 7) is 4.74. The van der Waals surface area contributed by atoms with E-state index in [4.69, 9.17) is 0 Å². The first-order valence-corrected chi connectivity index (χ1v) is 11.5. The Morgan fingerprint density at radius 1 is 1.06 bits per heavy atom. The van der Waals surface area contributed by atoms with Crippen molar-refractivity contribution in [1.29, 1.82) is 0 Å². The summed E-state index contributed by atoms with van der Waals surface area (Å²) in [6, 6.07) is 14.3. The van der Waals surface area contributed by atoms with Crippen LogP contribution in [0.3, 0.4) is 0 Å². The second-order valence-corrected chi connectivity index (χ2v) is 8.33. The van der Waals surface area contributed by atoms with E-state index in [9.17, 15) is 9.59 Å². The van der Waals surface area contributed by atoms with Crippen LogP contribution in [-0.2, 0) is 13.6 Å². The van der Waals surface area contributed by atoms with Crippen LogP contribution in [0, 0.1) is 0 Å². The highest BCUT2D eigenvalue weighted by Crippen LogP contribution is 2.21. The molecule has 2 aromatic heterocycles. The average Bonchev–Trinajstić information content (AvgIpc) is 3.19. The lowest BCUT2D eigenvalue weighted by Gasteiger charge is -2.10. The number of benzene rings is 2. The summed E-state index contributed by atoms with van der Waals surface area (Å²) in [5.74, 6) is 0.451. The van der Waals surface area contributed by atoms with E-state index < -0.39 is 11.2 Å². The molecule has 0 spiro atoms. The number of nitrogens with zero attached hydrogens (tertiary/aromatic N) is 4. The number of aryl methyl sites for hydroxylation is 2. The van der Waals surface area contributed by atoms with Crippen LogP contribution in [-0.4, -0.2) is 24.8 Å². The Bertz CT molecular complexity index is 1420. The normalized spacial score (nSPS) is 12.0. The fraction of sp³-hybridized carbons (Fsp3) is 0.360. The monoisotopic (exact) mass is 446 g/mol. The molecule has 8 heteroatoms. The summed E-state index contributed by atoms with van der Waals surface area (Å²) in [5.41, 5.74) is 4.70. The highest BCUT2D eigenvalue weighted by atomic mass is 16.2. The minimum atomic E-state index is -0.484. The number of fused-ring (bicyclic) bond motifs is 2. The van der Waals surface area contributed by atoms with Crippen LogP contribution in [0.25, 0.3) is 21.9 Å². The third kappa shape index (κ3) is 4.60. The molecule has 0 amide bonds. The maximum Gasteiger partial charge on any atom is 0.329 e. The molecule has 0 aliphatic rings. The second-order valence-electron chi connectivity index (χ2n) is 8.33. The first-order valence-electron chi connectivity index (χ1n) is 11.5. The molecule has 33 heavy (non-hydrogen) atoms. The number of unbranched alkanes of at least 4 members (excludes halogenated alkanes) is 4. The van der Waals surface area contributed by atoms with Crippen molar-refractivity contribution in [3.63, 3.8) is 0 Å². The third-order valence-electron chi connectivity index (χ3n) is 6.00. The van der Waals surface area contributed by atoms with Crippen molar-refractivity contribution < 1.29 is 0 Å². The molecule has 8 nitrogen and oxygen atoms in total. The summed E-state index contributed by atoms with van der Waals surface area (Å²) in [7, 11) is 1.60. The number of hydrogen-bond donors (Lipinski definition) is 2. The molecule has 0 radical (unpaired) electrons. The highest BCUT2D eigenvalue weighted by molar-refractivity contribution is 6.09. The molecular formula is C25H30N6O2. The molecule has 0 aliphatic carbocycles. The van der Waals surface area contributed by atoms with E-state index >= 15 is 0 Å². The van der Waals surface area contributed by atoms with Gasteiger partial charge in [-0.05, 0) is 24.1 Å². The van der Waals surface area contributed by atoms with Gasteiger partial charge in [0.1, 0.15) is 0 Å². The van der Waals surface area contributed by atoms with E-state index in [1.54, 1.807) is 7.05 Å². The van der Waals surface area contributed by atoms with Crippen LogP contribution in [0.2, 0.25) is 0 Å². The molecule has 0 saturated carbocycles. The van der Waals surface area contributed by atoms with Gasteiger partial charge >= 0.3 is 5.69 Å². The number of rotatable bonds is 9. The van der Waals surface area contributed by atoms with Gasteiger partial charge in [0.2, 0.25) is 5.95 Å². The minimum Gasteiger partial charge on any atom is -0.303 e. The summed E-state index contributed by atoms with van der Waals surface area (Å²) < 4.78 is 3.19. The maximum absolute atomic E-state index is 12.6. The molecule has 4 aromatic rings. The number of aromatic amines is 1. The average molecular weight is 447 g/mol. The van der Waals surface area contributed by atoms with E-state index in [1.165, 1.54) is 17.4 Å². The van der Waals surface area contributed by atoms with Gasteiger partial charge in [-0.25, -0.2) is 10.2 Å². The van der Waals surface area contributed by atoms with E-state index in [2.05, 4.69) is 45.6 Å². The Hall–Kier alpha value is -3.68. The van der Waals surface area contributed by atoms with Crippen LogP contribution in [0.4, 0.5) is 5.95 Å². The Labute approximate surface area is 192 Å². The van der Waals surface area contributed by atoms with Crippen molar-refractivity contribution in [3.05, 3.63) is 68.9 Å². The summed E-state index contributed by atoms with van der Waals surface area (Å²) in [5, 5.41) is 6.85. The predicted octanol–water partition coefficient (Wildman–Crippen LogP) is 4.38. The molecule has 2 aromatic carbocycles. The number of anilines is 1. The standard InChI is InChI=1S/C25H30N6O2/c1-4-5-6-7-10-16-31-21-22(30(3)25(33)27-23(21)32)26-24(31)29-28-17(2)19-15-11-13-18-12-8-9-14-20(18)19/h8-9,11-15H,4-7,10,16H2,1-3H3,(H,26,29)(H,27,32,33). The van der Waals surface area contributed by atoms with Crippen LogP contribution in [0.5, 0.6) is 0 Å². The zero-order valence-electron chi connectivity index (χ0n) is 19.4. The topological polar surface area (TPSA) is 97.1 Å².